The van der Waals surface area contributed by atoms with E-state index in [0.717, 1.165) is 43.3 Å². The Balaban J connectivity index is 1.49. The summed E-state index contributed by atoms with van der Waals surface area (Å²) >= 11 is 0. The molecule has 1 saturated heterocycles. The van der Waals surface area contributed by atoms with Crippen LogP contribution in [0.25, 0.3) is 0 Å². The average Bonchev–Trinajstić information content (AvgIpc) is 2.68. The smallest absolute Gasteiger partial charge is 0.243 e. The first-order valence-corrected chi connectivity index (χ1v) is 8.85. The molecule has 1 heterocycles. The Bertz CT molecular complexity index is 725. The number of amides is 1. The predicted octanol–water partition coefficient (Wildman–Crippen LogP) is 2.50. The molecule has 0 radical (unpaired) electrons. The van der Waals surface area contributed by atoms with Gasteiger partial charge in [0.05, 0.1) is 13.7 Å². The summed E-state index contributed by atoms with van der Waals surface area (Å²) in [6, 6.07) is 15.6. The van der Waals surface area contributed by atoms with Crippen molar-refractivity contribution in [3.05, 3.63) is 48.5 Å². The Labute approximate surface area is 154 Å². The Hall–Kier alpha value is -2.73. The van der Waals surface area contributed by atoms with Crippen LogP contribution in [0.15, 0.2) is 48.5 Å². The highest BCUT2D eigenvalue weighted by molar-refractivity contribution is 5.93. The molecule has 1 fully saturated rings. The number of benzene rings is 2. The van der Waals surface area contributed by atoms with Gasteiger partial charge >= 0.3 is 0 Å². The second-order valence-corrected chi connectivity index (χ2v) is 6.47. The molecule has 0 atom stereocenters. The summed E-state index contributed by atoms with van der Waals surface area (Å²) in [6.07, 6.45) is 0. The normalized spacial score (nSPS) is 14.8. The molecule has 138 valence electrons. The van der Waals surface area contributed by atoms with E-state index in [4.69, 9.17) is 4.74 Å². The molecular weight excluding hydrogens is 328 g/mol. The van der Waals surface area contributed by atoms with Gasteiger partial charge in [-0.1, -0.05) is 6.07 Å². The molecule has 2 N–H and O–H groups in total. The number of methoxy groups -OCH3 is 1. The van der Waals surface area contributed by atoms with Crippen LogP contribution in [0.1, 0.15) is 0 Å². The maximum atomic E-state index is 12.1. The Morgan fingerprint density at radius 3 is 2.46 bits per heavy atom. The largest absolute Gasteiger partial charge is 0.497 e. The lowest BCUT2D eigenvalue weighted by Crippen LogP contribution is -2.44. The fraction of sp³-hybridized carbons (Fsp3) is 0.350. The van der Waals surface area contributed by atoms with Crippen LogP contribution in [0, 0.1) is 0 Å². The van der Waals surface area contributed by atoms with E-state index in [1.807, 2.05) is 36.4 Å². The quantitative estimate of drug-likeness (QED) is 0.835. The van der Waals surface area contributed by atoms with E-state index in [1.54, 1.807) is 7.11 Å². The maximum Gasteiger partial charge on any atom is 0.243 e. The third-order valence-corrected chi connectivity index (χ3v) is 4.54. The molecule has 2 aromatic rings. The maximum absolute atomic E-state index is 12.1. The van der Waals surface area contributed by atoms with Gasteiger partial charge in [0.1, 0.15) is 5.75 Å². The van der Waals surface area contributed by atoms with Gasteiger partial charge in [-0.05, 0) is 43.4 Å². The van der Waals surface area contributed by atoms with Gasteiger partial charge in [-0.3, -0.25) is 4.79 Å². The number of nitrogens with zero attached hydrogens (tertiary/aromatic N) is 2. The molecule has 6 nitrogen and oxygen atoms in total. The zero-order valence-corrected chi connectivity index (χ0v) is 15.4. The van der Waals surface area contributed by atoms with Crippen molar-refractivity contribution in [3.63, 3.8) is 0 Å². The van der Waals surface area contributed by atoms with E-state index in [2.05, 4.69) is 39.6 Å². The van der Waals surface area contributed by atoms with Crippen molar-refractivity contribution in [2.75, 3.05) is 62.4 Å². The zero-order chi connectivity index (χ0) is 18.4. The summed E-state index contributed by atoms with van der Waals surface area (Å²) in [7, 11) is 3.77. The average molecular weight is 354 g/mol. The van der Waals surface area contributed by atoms with Gasteiger partial charge in [-0.15, -0.1) is 0 Å². The van der Waals surface area contributed by atoms with Gasteiger partial charge in [-0.2, -0.15) is 0 Å². The number of nitrogens with one attached hydrogen (secondary N) is 2. The highest BCUT2D eigenvalue weighted by atomic mass is 16.5. The number of hydrogen-bond donors (Lipinski definition) is 2. The van der Waals surface area contributed by atoms with E-state index in [-0.39, 0.29) is 12.5 Å². The van der Waals surface area contributed by atoms with Crippen LogP contribution in [0.3, 0.4) is 0 Å². The fourth-order valence-electron chi connectivity index (χ4n) is 2.94. The molecule has 3 rings (SSSR count). The van der Waals surface area contributed by atoms with Gasteiger partial charge in [0.2, 0.25) is 5.91 Å². The number of likely N-dealkylation sites (N-methyl/N-ethyl adjacent to an activating group) is 1. The summed E-state index contributed by atoms with van der Waals surface area (Å²) < 4.78 is 5.18. The van der Waals surface area contributed by atoms with E-state index in [9.17, 15) is 4.79 Å². The van der Waals surface area contributed by atoms with Crippen LogP contribution in [0.4, 0.5) is 17.1 Å². The van der Waals surface area contributed by atoms with Gasteiger partial charge in [0, 0.05) is 49.3 Å². The second-order valence-electron chi connectivity index (χ2n) is 6.47. The molecule has 26 heavy (non-hydrogen) atoms. The van der Waals surface area contributed by atoms with Crippen molar-refractivity contribution < 1.29 is 9.53 Å². The van der Waals surface area contributed by atoms with E-state index < -0.39 is 0 Å². The minimum Gasteiger partial charge on any atom is -0.497 e. The molecule has 1 aliphatic rings. The lowest BCUT2D eigenvalue weighted by atomic mass is 10.2. The number of carbonyl (C=O) groups is 1. The van der Waals surface area contributed by atoms with Crippen LogP contribution in [-0.2, 0) is 4.79 Å². The minimum atomic E-state index is -0.0832. The molecule has 0 unspecified atom stereocenters. The molecule has 1 amide bonds. The fourth-order valence-corrected chi connectivity index (χ4v) is 2.94. The van der Waals surface area contributed by atoms with Gasteiger partial charge in [0.25, 0.3) is 0 Å². The summed E-state index contributed by atoms with van der Waals surface area (Å²) in [5.74, 6) is 0.676. The number of hydrogen-bond acceptors (Lipinski definition) is 5. The van der Waals surface area contributed by atoms with Gasteiger partial charge in [0.15, 0.2) is 0 Å². The highest BCUT2D eigenvalue weighted by Crippen LogP contribution is 2.19. The summed E-state index contributed by atoms with van der Waals surface area (Å²) in [4.78, 5) is 16.8. The molecule has 0 spiro atoms. The first-order valence-electron chi connectivity index (χ1n) is 8.85. The predicted molar refractivity (Wildman–Crippen MR) is 106 cm³/mol. The van der Waals surface area contributed by atoms with E-state index in [1.165, 1.54) is 5.69 Å². The third kappa shape index (κ3) is 4.89. The number of piperazine rings is 1. The molecule has 6 heteroatoms. The van der Waals surface area contributed by atoms with E-state index in [0.29, 0.717) is 0 Å². The van der Waals surface area contributed by atoms with Gasteiger partial charge in [-0.25, -0.2) is 0 Å². The third-order valence-electron chi connectivity index (χ3n) is 4.54. The summed E-state index contributed by atoms with van der Waals surface area (Å²) in [5.41, 5.74) is 2.86. The summed E-state index contributed by atoms with van der Waals surface area (Å²) in [6.45, 7) is 4.43. The Morgan fingerprint density at radius 1 is 1.04 bits per heavy atom. The molecule has 0 bridgehead atoms. The Morgan fingerprint density at radius 2 is 1.77 bits per heavy atom. The van der Waals surface area contributed by atoms with Crippen molar-refractivity contribution in [2.45, 2.75) is 0 Å². The van der Waals surface area contributed by atoms with E-state index >= 15 is 0 Å². The number of ether oxygens (including phenoxy) is 1. The molecule has 1 aliphatic heterocycles. The van der Waals surface area contributed by atoms with Crippen molar-refractivity contribution in [2.24, 2.45) is 0 Å². The van der Waals surface area contributed by atoms with Crippen LogP contribution in [0.2, 0.25) is 0 Å². The first-order chi connectivity index (χ1) is 12.6. The first kappa shape index (κ1) is 18.1. The lowest BCUT2D eigenvalue weighted by molar-refractivity contribution is -0.114. The SMILES string of the molecule is COc1cccc(NCC(=O)Nc2ccc(N3CCN(C)CC3)cc2)c1. The van der Waals surface area contributed by atoms with Crippen molar-refractivity contribution in [1.82, 2.24) is 4.90 Å². The molecule has 0 aliphatic carbocycles. The van der Waals surface area contributed by atoms with Crippen LogP contribution in [0.5, 0.6) is 5.75 Å². The molecular formula is C20H26N4O2. The zero-order valence-electron chi connectivity index (χ0n) is 15.4. The topological polar surface area (TPSA) is 56.8 Å². The van der Waals surface area contributed by atoms with Crippen molar-refractivity contribution >= 4 is 23.0 Å². The second kappa shape index (κ2) is 8.58. The molecule has 2 aromatic carbocycles. The van der Waals surface area contributed by atoms with Crippen LogP contribution >= 0.6 is 0 Å². The number of rotatable bonds is 6. The standard InChI is InChI=1S/C20H26N4O2/c1-23-10-12-24(13-11-23)18-8-6-16(7-9-18)22-20(25)15-21-17-4-3-5-19(14-17)26-2/h3-9,14,21H,10-13,15H2,1-2H3,(H,22,25). The monoisotopic (exact) mass is 354 g/mol. The van der Waals surface area contributed by atoms with Crippen LogP contribution < -0.4 is 20.3 Å². The Kier molecular flexibility index (Phi) is 5.96. The minimum absolute atomic E-state index is 0.0832. The lowest BCUT2D eigenvalue weighted by Gasteiger charge is -2.34. The molecule has 0 aromatic heterocycles. The van der Waals surface area contributed by atoms with Crippen LogP contribution in [-0.4, -0.2) is 57.7 Å². The van der Waals surface area contributed by atoms with Crippen molar-refractivity contribution in [1.29, 1.82) is 0 Å². The number of carbonyl (C=O) groups excluding carboxylic acids is 1. The molecule has 0 saturated carbocycles. The summed E-state index contributed by atoms with van der Waals surface area (Å²) in [5, 5.41) is 6.02. The van der Waals surface area contributed by atoms with Gasteiger partial charge < -0.3 is 25.2 Å². The highest BCUT2D eigenvalue weighted by Gasteiger charge is 2.14. The van der Waals surface area contributed by atoms with Crippen molar-refractivity contribution in [3.8, 4) is 5.75 Å². The number of anilines is 3.